The minimum Gasteiger partial charge on any atom is -0.497 e. The van der Waals surface area contributed by atoms with E-state index in [4.69, 9.17) is 16.2 Å². The molecule has 0 radical (unpaired) electrons. The minimum atomic E-state index is -0.889. The number of benzene rings is 2. The van der Waals surface area contributed by atoms with Gasteiger partial charge in [0.15, 0.2) is 0 Å². The van der Waals surface area contributed by atoms with E-state index >= 15 is 0 Å². The predicted molar refractivity (Wildman–Crippen MR) is 118 cm³/mol. The molecular formula is C22H24N6O3. The van der Waals surface area contributed by atoms with Crippen molar-refractivity contribution in [2.75, 3.05) is 17.7 Å². The minimum absolute atomic E-state index is 0.108. The molecule has 6 N–H and O–H groups in total. The second kappa shape index (κ2) is 9.12. The van der Waals surface area contributed by atoms with Gasteiger partial charge in [-0.1, -0.05) is 18.2 Å². The van der Waals surface area contributed by atoms with Crippen LogP contribution in [0.2, 0.25) is 0 Å². The van der Waals surface area contributed by atoms with Crippen molar-refractivity contribution in [2.45, 2.75) is 19.9 Å². The zero-order chi connectivity index (χ0) is 22.5. The molecule has 1 aromatic heterocycles. The highest BCUT2D eigenvalue weighted by molar-refractivity contribution is 5.98. The Hall–Kier alpha value is -4.14. The Kier molecular flexibility index (Phi) is 6.35. The molecule has 9 nitrogen and oxygen atoms in total. The van der Waals surface area contributed by atoms with Gasteiger partial charge in [0.05, 0.1) is 7.11 Å². The van der Waals surface area contributed by atoms with E-state index in [0.29, 0.717) is 11.3 Å². The number of rotatable bonds is 8. The number of primary amides is 2. The summed E-state index contributed by atoms with van der Waals surface area (Å²) in [5.74, 6) is -0.324. The molecule has 3 aromatic rings. The van der Waals surface area contributed by atoms with E-state index in [1.807, 2.05) is 32.0 Å². The van der Waals surface area contributed by atoms with Gasteiger partial charge in [0.25, 0.3) is 5.91 Å². The average Bonchev–Trinajstić information content (AvgIpc) is 2.71. The number of hydrogen-bond acceptors (Lipinski definition) is 7. The molecule has 1 unspecified atom stereocenters. The molecule has 0 aliphatic carbocycles. The van der Waals surface area contributed by atoms with E-state index in [0.717, 1.165) is 16.8 Å². The van der Waals surface area contributed by atoms with Crippen molar-refractivity contribution in [1.82, 2.24) is 9.97 Å². The summed E-state index contributed by atoms with van der Waals surface area (Å²) in [5.41, 5.74) is 14.6. The molecule has 0 aliphatic rings. The molecule has 0 saturated carbocycles. The van der Waals surface area contributed by atoms with Crippen LogP contribution in [0, 0.1) is 13.8 Å². The van der Waals surface area contributed by atoms with Crippen LogP contribution in [-0.2, 0) is 4.79 Å². The van der Waals surface area contributed by atoms with Crippen molar-refractivity contribution >= 4 is 29.3 Å². The quantitative estimate of drug-likeness (QED) is 0.438. The highest BCUT2D eigenvalue weighted by Gasteiger charge is 2.20. The van der Waals surface area contributed by atoms with Crippen LogP contribution in [-0.4, -0.2) is 28.9 Å². The largest absolute Gasteiger partial charge is 0.497 e. The third-order valence-corrected chi connectivity index (χ3v) is 4.55. The van der Waals surface area contributed by atoms with Gasteiger partial charge in [-0.25, -0.2) is 4.98 Å². The SMILES string of the molecule is COc1ccc(C(Nc2ncc(C(N)=O)c(Nc3cc(C)cc(C)c3)n2)C(N)=O)cc1. The molecular weight excluding hydrogens is 396 g/mol. The first-order valence-electron chi connectivity index (χ1n) is 9.49. The van der Waals surface area contributed by atoms with Crippen LogP contribution in [0.3, 0.4) is 0 Å². The monoisotopic (exact) mass is 420 g/mol. The first-order chi connectivity index (χ1) is 14.8. The number of anilines is 3. The van der Waals surface area contributed by atoms with Crippen LogP contribution in [0.5, 0.6) is 5.75 Å². The normalized spacial score (nSPS) is 11.5. The number of methoxy groups -OCH3 is 1. The Labute approximate surface area is 179 Å². The summed E-state index contributed by atoms with van der Waals surface area (Å²) in [6.45, 7) is 3.93. The number of nitrogens with zero attached hydrogens (tertiary/aromatic N) is 2. The van der Waals surface area contributed by atoms with Gasteiger partial charge in [0.1, 0.15) is 23.2 Å². The molecule has 31 heavy (non-hydrogen) atoms. The highest BCUT2D eigenvalue weighted by Crippen LogP contribution is 2.24. The van der Waals surface area contributed by atoms with Crippen molar-refractivity contribution in [3.63, 3.8) is 0 Å². The van der Waals surface area contributed by atoms with Gasteiger partial charge in [0.2, 0.25) is 11.9 Å². The number of carbonyl (C=O) groups is 2. The lowest BCUT2D eigenvalue weighted by molar-refractivity contribution is -0.118. The number of ether oxygens (including phenoxy) is 1. The molecule has 3 rings (SSSR count). The number of nitrogens with one attached hydrogen (secondary N) is 2. The molecule has 1 heterocycles. The summed E-state index contributed by atoms with van der Waals surface area (Å²) in [7, 11) is 1.55. The van der Waals surface area contributed by atoms with Crippen LogP contribution < -0.4 is 26.8 Å². The molecule has 0 saturated heterocycles. The van der Waals surface area contributed by atoms with E-state index in [1.54, 1.807) is 31.4 Å². The molecule has 160 valence electrons. The fourth-order valence-electron chi connectivity index (χ4n) is 3.15. The topological polar surface area (TPSA) is 145 Å². The smallest absolute Gasteiger partial charge is 0.254 e. The lowest BCUT2D eigenvalue weighted by Crippen LogP contribution is -2.28. The Morgan fingerprint density at radius 3 is 2.23 bits per heavy atom. The molecule has 0 fully saturated rings. The van der Waals surface area contributed by atoms with E-state index in [2.05, 4.69) is 20.6 Å². The summed E-state index contributed by atoms with van der Waals surface area (Å²) < 4.78 is 5.14. The molecule has 1 atom stereocenters. The summed E-state index contributed by atoms with van der Waals surface area (Å²) in [6.07, 6.45) is 1.30. The van der Waals surface area contributed by atoms with Crippen molar-refractivity contribution in [1.29, 1.82) is 0 Å². The average molecular weight is 420 g/mol. The van der Waals surface area contributed by atoms with Crippen molar-refractivity contribution < 1.29 is 14.3 Å². The summed E-state index contributed by atoms with van der Waals surface area (Å²) in [4.78, 5) is 32.4. The van der Waals surface area contributed by atoms with E-state index in [-0.39, 0.29) is 17.3 Å². The Morgan fingerprint density at radius 1 is 1.03 bits per heavy atom. The molecule has 0 bridgehead atoms. The maximum Gasteiger partial charge on any atom is 0.254 e. The van der Waals surface area contributed by atoms with Gasteiger partial charge in [-0.05, 0) is 54.8 Å². The van der Waals surface area contributed by atoms with E-state index in [1.165, 1.54) is 6.20 Å². The van der Waals surface area contributed by atoms with Gasteiger partial charge in [-0.15, -0.1) is 0 Å². The number of carbonyl (C=O) groups excluding carboxylic acids is 2. The second-order valence-electron chi connectivity index (χ2n) is 7.07. The third kappa shape index (κ3) is 5.27. The van der Waals surface area contributed by atoms with Gasteiger partial charge in [0, 0.05) is 11.9 Å². The van der Waals surface area contributed by atoms with Crippen LogP contribution in [0.25, 0.3) is 0 Å². The Bertz CT molecular complexity index is 1090. The predicted octanol–water partition coefficient (Wildman–Crippen LogP) is 2.58. The van der Waals surface area contributed by atoms with Crippen molar-refractivity contribution in [2.24, 2.45) is 11.5 Å². The fourth-order valence-corrected chi connectivity index (χ4v) is 3.15. The number of aryl methyl sites for hydroxylation is 2. The first-order valence-corrected chi connectivity index (χ1v) is 9.49. The lowest BCUT2D eigenvalue weighted by atomic mass is 10.1. The Morgan fingerprint density at radius 2 is 1.68 bits per heavy atom. The van der Waals surface area contributed by atoms with Crippen LogP contribution in [0.15, 0.2) is 48.7 Å². The first kappa shape index (κ1) is 21.6. The maximum absolute atomic E-state index is 12.1. The zero-order valence-corrected chi connectivity index (χ0v) is 17.5. The van der Waals surface area contributed by atoms with Gasteiger partial charge < -0.3 is 26.8 Å². The van der Waals surface area contributed by atoms with Gasteiger partial charge >= 0.3 is 0 Å². The Balaban J connectivity index is 1.93. The van der Waals surface area contributed by atoms with Crippen molar-refractivity contribution in [3.8, 4) is 5.75 Å². The third-order valence-electron chi connectivity index (χ3n) is 4.55. The van der Waals surface area contributed by atoms with E-state index < -0.39 is 17.9 Å². The zero-order valence-electron chi connectivity index (χ0n) is 17.5. The van der Waals surface area contributed by atoms with Crippen LogP contribution >= 0.6 is 0 Å². The van der Waals surface area contributed by atoms with Crippen LogP contribution in [0.1, 0.15) is 33.1 Å². The number of amides is 2. The van der Waals surface area contributed by atoms with Crippen molar-refractivity contribution in [3.05, 3.63) is 70.9 Å². The van der Waals surface area contributed by atoms with E-state index in [9.17, 15) is 9.59 Å². The maximum atomic E-state index is 12.1. The number of hydrogen-bond donors (Lipinski definition) is 4. The van der Waals surface area contributed by atoms with Gasteiger partial charge in [-0.2, -0.15) is 4.98 Å². The molecule has 0 aliphatic heterocycles. The summed E-state index contributed by atoms with van der Waals surface area (Å²) in [6, 6.07) is 11.8. The second-order valence-corrected chi connectivity index (χ2v) is 7.07. The molecule has 2 aromatic carbocycles. The summed E-state index contributed by atoms with van der Waals surface area (Å²) >= 11 is 0. The van der Waals surface area contributed by atoms with Crippen LogP contribution in [0.4, 0.5) is 17.5 Å². The number of aromatic nitrogens is 2. The van der Waals surface area contributed by atoms with Gasteiger partial charge in [-0.3, -0.25) is 9.59 Å². The summed E-state index contributed by atoms with van der Waals surface area (Å²) in [5, 5.41) is 6.03. The fraction of sp³-hybridized carbons (Fsp3) is 0.182. The molecule has 2 amide bonds. The molecule has 0 spiro atoms. The number of nitrogens with two attached hydrogens (primary N) is 2. The highest BCUT2D eigenvalue weighted by atomic mass is 16.5. The lowest BCUT2D eigenvalue weighted by Gasteiger charge is -2.17. The molecule has 9 heteroatoms. The standard InChI is InChI=1S/C22H24N6O3/c1-12-8-13(2)10-15(9-12)26-21-17(19(23)29)11-25-22(28-21)27-18(20(24)30)14-4-6-16(31-3)7-5-14/h4-11,18H,1-3H3,(H2,23,29)(H2,24,30)(H2,25,26,27,28).